The van der Waals surface area contributed by atoms with Gasteiger partial charge in [0.2, 0.25) is 10.0 Å². The monoisotopic (exact) mass is 812 g/mol. The van der Waals surface area contributed by atoms with Crippen molar-refractivity contribution in [2.45, 2.75) is 82.3 Å². The summed E-state index contributed by atoms with van der Waals surface area (Å²) in [5.74, 6) is 0.348. The van der Waals surface area contributed by atoms with Gasteiger partial charge in [-0.15, -0.1) is 0 Å². The van der Waals surface area contributed by atoms with Gasteiger partial charge in [0.25, 0.3) is 5.91 Å². The molecule has 0 aromatic heterocycles. The number of ether oxygens (including phenoxy) is 4. The highest BCUT2D eigenvalue weighted by Gasteiger charge is 2.49. The Morgan fingerprint density at radius 1 is 1.02 bits per heavy atom. The lowest BCUT2D eigenvalue weighted by Gasteiger charge is -2.52. The van der Waals surface area contributed by atoms with Crippen molar-refractivity contribution in [1.82, 2.24) is 14.5 Å². The molecule has 11 nitrogen and oxygen atoms in total. The van der Waals surface area contributed by atoms with Gasteiger partial charge < -0.3 is 23.8 Å². The summed E-state index contributed by atoms with van der Waals surface area (Å²) in [6.07, 6.45) is 10.2. The van der Waals surface area contributed by atoms with E-state index in [-0.39, 0.29) is 30.4 Å². The molecule has 4 aliphatic heterocycles. The number of hydrogen-bond donors (Lipinski definition) is 1. The average molecular weight is 814 g/mol. The number of carbonyl (C=O) groups is 1. The first-order valence-electron chi connectivity index (χ1n) is 20.8. The number of rotatable bonds is 8. The summed E-state index contributed by atoms with van der Waals surface area (Å²) in [4.78, 5) is 21.4. The molecule has 1 amide bonds. The summed E-state index contributed by atoms with van der Waals surface area (Å²) in [5, 5.41) is -0.119. The van der Waals surface area contributed by atoms with Gasteiger partial charge in [0.15, 0.2) is 0 Å². The maximum Gasteiger partial charge on any atom is 0.264 e. The standard InChI is InChI=1S/C43H61ClN4O7S/c1-4-55-43(30-46-19-21-47(22-20-46)37-28-53-29-37)17-7-8-31(2)41(16-23-52-3)56(50,51)45-42(49)33-12-15-40-39(25-33)48(26-34-11-14-38(34)43)18-6-5-9-32-24-36(44)13-10-35(32)27-54-40/h7,10,12-13,15,17,24-25,31,34,37-38,41H,4-6,8-9,11,14,16,18-23,26-30H2,1-3H3,(H,45,49)/b17-7+/t31-,34-,38-,41+,43-/m0/s1. The molecule has 1 aliphatic carbocycles. The molecule has 1 saturated carbocycles. The fourth-order valence-electron chi connectivity index (χ4n) is 9.50. The lowest BCUT2D eigenvalue weighted by atomic mass is 9.63. The van der Waals surface area contributed by atoms with Gasteiger partial charge in [-0.25, -0.2) is 13.1 Å². The SMILES string of the molecule is CCO[C@]1(CN2CCN(C3COC3)CC2)/C=C/C[C@H](C)[C@@H](CCOC)S(=O)(=O)NC(=O)c2ccc3c(c2)N(CCCCc2cc(Cl)ccc2CO3)C[C@@H]2CC[C@@H]21. The van der Waals surface area contributed by atoms with Crippen LogP contribution in [0, 0.1) is 17.8 Å². The molecule has 5 atom stereocenters. The molecular weight excluding hydrogens is 752 g/mol. The van der Waals surface area contributed by atoms with Crippen LogP contribution in [0.1, 0.15) is 73.9 Å². The smallest absolute Gasteiger partial charge is 0.264 e. The summed E-state index contributed by atoms with van der Waals surface area (Å²) < 4.78 is 55.1. The Balaban J connectivity index is 1.26. The third kappa shape index (κ3) is 9.43. The molecule has 2 aromatic rings. The number of hydrogen-bond acceptors (Lipinski definition) is 10. The van der Waals surface area contributed by atoms with E-state index in [1.165, 1.54) is 5.56 Å². The average Bonchev–Trinajstić information content (AvgIpc) is 3.16. The Morgan fingerprint density at radius 2 is 1.84 bits per heavy atom. The van der Waals surface area contributed by atoms with Crippen LogP contribution in [0.15, 0.2) is 48.6 Å². The Labute approximate surface area is 339 Å². The maximum absolute atomic E-state index is 14.1. The molecule has 0 radical (unpaired) electrons. The summed E-state index contributed by atoms with van der Waals surface area (Å²) in [7, 11) is -2.50. The summed E-state index contributed by atoms with van der Waals surface area (Å²) in [5.41, 5.74) is 2.83. The molecule has 5 aliphatic rings. The van der Waals surface area contributed by atoms with Crippen molar-refractivity contribution in [2.24, 2.45) is 17.8 Å². The maximum atomic E-state index is 14.1. The third-order valence-corrected chi connectivity index (χ3v) is 15.2. The topological polar surface area (TPSA) is 110 Å². The second-order valence-corrected chi connectivity index (χ2v) is 18.9. The highest BCUT2D eigenvalue weighted by molar-refractivity contribution is 7.90. The zero-order valence-corrected chi connectivity index (χ0v) is 35.0. The molecular formula is C43H61ClN4O7S. The molecule has 2 bridgehead atoms. The molecule has 0 spiro atoms. The Morgan fingerprint density at radius 3 is 2.55 bits per heavy atom. The minimum atomic E-state index is -4.07. The predicted molar refractivity (Wildman–Crippen MR) is 220 cm³/mol. The number of methoxy groups -OCH3 is 1. The summed E-state index contributed by atoms with van der Waals surface area (Å²) in [6, 6.07) is 11.8. The molecule has 7 rings (SSSR count). The Hall–Kier alpha value is -2.71. The molecule has 13 heteroatoms. The number of halogens is 1. The number of anilines is 1. The van der Waals surface area contributed by atoms with Crippen molar-refractivity contribution >= 4 is 33.2 Å². The minimum absolute atomic E-state index is 0.258. The summed E-state index contributed by atoms with van der Waals surface area (Å²) in [6.45, 7) is 13.2. The van der Waals surface area contributed by atoms with Crippen LogP contribution in [0.2, 0.25) is 5.02 Å². The fraction of sp³-hybridized carbons (Fsp3) is 0.651. The quantitative estimate of drug-likeness (QED) is 0.322. The van der Waals surface area contributed by atoms with Crippen LogP contribution in [-0.4, -0.2) is 120 Å². The number of allylic oxidation sites excluding steroid dienone is 1. The Bertz CT molecular complexity index is 1800. The predicted octanol–water partition coefficient (Wildman–Crippen LogP) is 5.94. The lowest BCUT2D eigenvalue weighted by Crippen LogP contribution is -2.61. The Kier molecular flexibility index (Phi) is 13.7. The summed E-state index contributed by atoms with van der Waals surface area (Å²) >= 11 is 6.43. The van der Waals surface area contributed by atoms with Crippen molar-refractivity contribution < 1.29 is 32.2 Å². The van der Waals surface area contributed by atoms with Crippen LogP contribution in [0.3, 0.4) is 0 Å². The second-order valence-electron chi connectivity index (χ2n) is 16.5. The van der Waals surface area contributed by atoms with Gasteiger partial charge in [-0.05, 0) is 111 Å². The van der Waals surface area contributed by atoms with E-state index in [0.29, 0.717) is 42.4 Å². The highest BCUT2D eigenvalue weighted by Crippen LogP contribution is 2.47. The first-order chi connectivity index (χ1) is 27.1. The van der Waals surface area contributed by atoms with Crippen LogP contribution >= 0.6 is 11.6 Å². The van der Waals surface area contributed by atoms with Gasteiger partial charge in [0, 0.05) is 76.7 Å². The van der Waals surface area contributed by atoms with E-state index in [2.05, 4.69) is 38.5 Å². The van der Waals surface area contributed by atoms with Gasteiger partial charge >= 0.3 is 0 Å². The molecule has 2 saturated heterocycles. The second kappa shape index (κ2) is 18.5. The number of nitrogens with one attached hydrogen (secondary N) is 1. The van der Waals surface area contributed by atoms with Crippen LogP contribution in [0.25, 0.3) is 0 Å². The van der Waals surface area contributed by atoms with E-state index in [9.17, 15) is 13.2 Å². The third-order valence-electron chi connectivity index (χ3n) is 12.9. The van der Waals surface area contributed by atoms with E-state index in [1.54, 1.807) is 13.2 Å². The molecule has 3 fully saturated rings. The number of carbonyl (C=O) groups excluding carboxylic acids is 1. The van der Waals surface area contributed by atoms with E-state index >= 15 is 0 Å². The van der Waals surface area contributed by atoms with Gasteiger partial charge in [-0.1, -0.05) is 36.7 Å². The van der Waals surface area contributed by atoms with Crippen LogP contribution in [0.5, 0.6) is 5.75 Å². The number of amides is 1. The van der Waals surface area contributed by atoms with Gasteiger partial charge in [0.1, 0.15) is 18.0 Å². The molecule has 2 aromatic carbocycles. The van der Waals surface area contributed by atoms with E-state index < -0.39 is 26.8 Å². The van der Waals surface area contributed by atoms with Crippen LogP contribution in [0.4, 0.5) is 5.69 Å². The molecule has 0 unspecified atom stereocenters. The number of sulfonamides is 1. The van der Waals surface area contributed by atoms with Crippen molar-refractivity contribution in [3.63, 3.8) is 0 Å². The first-order valence-corrected chi connectivity index (χ1v) is 22.7. The van der Waals surface area contributed by atoms with E-state index in [0.717, 1.165) is 102 Å². The minimum Gasteiger partial charge on any atom is -0.487 e. The van der Waals surface area contributed by atoms with Crippen LogP contribution in [-0.2, 0) is 37.3 Å². The molecule has 56 heavy (non-hydrogen) atoms. The highest BCUT2D eigenvalue weighted by atomic mass is 35.5. The lowest BCUT2D eigenvalue weighted by molar-refractivity contribution is -0.119. The van der Waals surface area contributed by atoms with Crippen molar-refractivity contribution in [2.75, 3.05) is 84.3 Å². The normalized spacial score (nSPS) is 30.0. The van der Waals surface area contributed by atoms with Gasteiger partial charge in [0.05, 0.1) is 30.2 Å². The molecule has 308 valence electrons. The number of nitrogens with zero attached hydrogens (tertiary/aromatic N) is 3. The zero-order chi connectivity index (χ0) is 39.3. The fourth-order valence-corrected chi connectivity index (χ4v) is 11.4. The molecule has 1 N–H and O–H groups in total. The first kappa shape index (κ1) is 41.4. The largest absolute Gasteiger partial charge is 0.487 e. The van der Waals surface area contributed by atoms with Crippen molar-refractivity contribution in [3.8, 4) is 5.75 Å². The molecule has 4 heterocycles. The van der Waals surface area contributed by atoms with E-state index in [1.807, 2.05) is 37.3 Å². The number of fused-ring (bicyclic) bond motifs is 3. The van der Waals surface area contributed by atoms with Gasteiger partial charge in [-0.3, -0.25) is 14.6 Å². The van der Waals surface area contributed by atoms with Crippen LogP contribution < -0.4 is 14.4 Å². The number of benzene rings is 2. The van der Waals surface area contributed by atoms with Crippen molar-refractivity contribution in [1.29, 1.82) is 0 Å². The zero-order valence-electron chi connectivity index (χ0n) is 33.4. The number of aryl methyl sites for hydroxylation is 1. The van der Waals surface area contributed by atoms with Gasteiger partial charge in [-0.2, -0.15) is 0 Å². The van der Waals surface area contributed by atoms with Crippen molar-refractivity contribution in [3.05, 3.63) is 70.3 Å². The number of piperazine rings is 1. The van der Waals surface area contributed by atoms with E-state index in [4.69, 9.17) is 30.5 Å².